The lowest BCUT2D eigenvalue weighted by molar-refractivity contribution is -0.137. The summed E-state index contributed by atoms with van der Waals surface area (Å²) in [5.74, 6) is -0.723. The van der Waals surface area contributed by atoms with Gasteiger partial charge in [-0.25, -0.2) is 4.79 Å². The molecule has 1 aromatic heterocycles. The van der Waals surface area contributed by atoms with Crippen LogP contribution in [0.2, 0.25) is 0 Å². The molecule has 208 valence electrons. The van der Waals surface area contributed by atoms with Crippen molar-refractivity contribution in [3.05, 3.63) is 125 Å². The maximum Gasteiger partial charge on any atom is 0.416 e. The number of aromatic nitrogens is 1. The normalized spacial score (nSPS) is 11.4. The quantitative estimate of drug-likeness (QED) is 0.215. The number of halogens is 3. The first-order chi connectivity index (χ1) is 19.6. The zero-order chi connectivity index (χ0) is 29.1. The molecule has 0 spiro atoms. The van der Waals surface area contributed by atoms with Gasteiger partial charge in [-0.1, -0.05) is 36.4 Å². The van der Waals surface area contributed by atoms with E-state index in [0.29, 0.717) is 22.4 Å². The average molecular weight is 559 g/mol. The lowest BCUT2D eigenvalue weighted by Crippen LogP contribution is -2.23. The van der Waals surface area contributed by atoms with Crippen molar-refractivity contribution in [2.75, 3.05) is 7.11 Å². The molecule has 6 nitrogen and oxygen atoms in total. The first-order valence-corrected chi connectivity index (χ1v) is 12.7. The van der Waals surface area contributed by atoms with Gasteiger partial charge in [-0.2, -0.15) is 13.2 Å². The Balaban J connectivity index is 1.51. The number of amides is 1. The Bertz CT molecular complexity index is 1720. The van der Waals surface area contributed by atoms with Gasteiger partial charge in [0.05, 0.1) is 29.3 Å². The molecule has 0 aliphatic rings. The number of nitrogens with one attached hydrogen (secondary N) is 1. The lowest BCUT2D eigenvalue weighted by atomic mass is 9.99. The largest absolute Gasteiger partial charge is 0.497 e. The Labute approximate surface area is 233 Å². The van der Waals surface area contributed by atoms with Crippen molar-refractivity contribution in [3.8, 4) is 16.9 Å². The summed E-state index contributed by atoms with van der Waals surface area (Å²) >= 11 is 0. The minimum Gasteiger partial charge on any atom is -0.497 e. The molecule has 0 unspecified atom stereocenters. The number of hydrogen-bond donors (Lipinski definition) is 2. The highest BCUT2D eigenvalue weighted by atomic mass is 19.4. The molecule has 0 atom stereocenters. The van der Waals surface area contributed by atoms with Gasteiger partial charge >= 0.3 is 12.1 Å². The van der Waals surface area contributed by atoms with Crippen molar-refractivity contribution >= 4 is 22.8 Å². The third kappa shape index (κ3) is 6.09. The minimum atomic E-state index is -4.42. The average Bonchev–Trinajstić information content (AvgIpc) is 3.38. The van der Waals surface area contributed by atoms with E-state index in [0.717, 1.165) is 34.2 Å². The van der Waals surface area contributed by atoms with Gasteiger partial charge < -0.3 is 19.7 Å². The highest BCUT2D eigenvalue weighted by Crippen LogP contribution is 2.32. The van der Waals surface area contributed by atoms with Crippen molar-refractivity contribution in [1.29, 1.82) is 0 Å². The van der Waals surface area contributed by atoms with E-state index in [4.69, 9.17) is 9.84 Å². The number of carboxylic acids is 1. The van der Waals surface area contributed by atoms with Crippen LogP contribution in [0.1, 0.15) is 37.4 Å². The lowest BCUT2D eigenvalue weighted by Gasteiger charge is -2.14. The van der Waals surface area contributed by atoms with Gasteiger partial charge in [0.1, 0.15) is 5.75 Å². The fraction of sp³-hybridized carbons (Fsp3) is 0.125. The third-order valence-corrected chi connectivity index (χ3v) is 6.80. The van der Waals surface area contributed by atoms with Crippen molar-refractivity contribution in [2.45, 2.75) is 19.3 Å². The van der Waals surface area contributed by atoms with Crippen LogP contribution in [0.15, 0.2) is 97.2 Å². The van der Waals surface area contributed by atoms with Crippen LogP contribution in [0.5, 0.6) is 5.75 Å². The molecule has 0 saturated heterocycles. The SMILES string of the molecule is COc1cccc(-c2cc(C(=O)NCc3ccc(C(=O)O)cc3)c3c(ccn3Cc3ccc(C(F)(F)F)cc3)c2)c1. The molecule has 0 saturated carbocycles. The smallest absolute Gasteiger partial charge is 0.416 e. The molecular formula is C32H25F3N2O4. The molecular weight excluding hydrogens is 533 g/mol. The van der Waals surface area contributed by atoms with E-state index in [1.165, 1.54) is 24.3 Å². The molecule has 0 bridgehead atoms. The standard InChI is InChI=1S/C32H25F3N2O4/c1-41-27-4-2-3-23(16-27)25-15-24-13-14-37(19-21-7-11-26(12-8-21)32(33,34)35)29(24)28(17-25)30(38)36-18-20-5-9-22(10-6-20)31(39)40/h2-17H,18-19H2,1H3,(H,36,38)(H,39,40). The molecule has 5 aromatic rings. The van der Waals surface area contributed by atoms with Gasteiger partial charge in [-0.3, -0.25) is 4.79 Å². The van der Waals surface area contributed by atoms with E-state index < -0.39 is 17.7 Å². The number of carbonyl (C=O) groups is 2. The van der Waals surface area contributed by atoms with Gasteiger partial charge in [-0.15, -0.1) is 0 Å². The fourth-order valence-corrected chi connectivity index (χ4v) is 4.66. The van der Waals surface area contributed by atoms with Crippen LogP contribution in [-0.2, 0) is 19.3 Å². The van der Waals surface area contributed by atoms with Crippen LogP contribution in [0.25, 0.3) is 22.0 Å². The van der Waals surface area contributed by atoms with Crippen LogP contribution in [0.3, 0.4) is 0 Å². The Morgan fingerprint density at radius 3 is 2.24 bits per heavy atom. The summed E-state index contributed by atoms with van der Waals surface area (Å²) in [5.41, 5.74) is 3.46. The molecule has 5 rings (SSSR count). The predicted octanol–water partition coefficient (Wildman–Crippen LogP) is 7.01. The summed E-state index contributed by atoms with van der Waals surface area (Å²) in [6.07, 6.45) is -2.62. The predicted molar refractivity (Wildman–Crippen MR) is 149 cm³/mol. The number of benzene rings is 4. The Morgan fingerprint density at radius 1 is 0.878 bits per heavy atom. The molecule has 0 aliphatic carbocycles. The van der Waals surface area contributed by atoms with Crippen LogP contribution < -0.4 is 10.1 Å². The summed E-state index contributed by atoms with van der Waals surface area (Å²) in [6.45, 7) is 0.431. The van der Waals surface area contributed by atoms with Gasteiger partial charge in [0.15, 0.2) is 0 Å². The second kappa shape index (κ2) is 11.2. The van der Waals surface area contributed by atoms with E-state index in [2.05, 4.69) is 5.32 Å². The van der Waals surface area contributed by atoms with Crippen molar-refractivity contribution in [1.82, 2.24) is 9.88 Å². The number of nitrogens with zero attached hydrogens (tertiary/aromatic N) is 1. The number of rotatable bonds is 8. The molecule has 0 radical (unpaired) electrons. The Hall–Kier alpha value is -5.05. The molecule has 1 heterocycles. The molecule has 2 N–H and O–H groups in total. The van der Waals surface area contributed by atoms with E-state index >= 15 is 0 Å². The maximum absolute atomic E-state index is 13.6. The number of methoxy groups -OCH3 is 1. The van der Waals surface area contributed by atoms with Crippen molar-refractivity contribution in [3.63, 3.8) is 0 Å². The summed E-state index contributed by atoms with van der Waals surface area (Å²) < 4.78 is 46.3. The third-order valence-electron chi connectivity index (χ3n) is 6.80. The molecule has 9 heteroatoms. The van der Waals surface area contributed by atoms with Crippen LogP contribution in [0.4, 0.5) is 13.2 Å². The van der Waals surface area contributed by atoms with Crippen LogP contribution in [0, 0.1) is 0 Å². The Morgan fingerprint density at radius 2 is 1.59 bits per heavy atom. The maximum atomic E-state index is 13.6. The summed E-state index contributed by atoms with van der Waals surface area (Å²) in [7, 11) is 1.57. The van der Waals surface area contributed by atoms with Gasteiger partial charge in [0.2, 0.25) is 0 Å². The van der Waals surface area contributed by atoms with E-state index in [1.54, 1.807) is 31.5 Å². The van der Waals surface area contributed by atoms with E-state index in [9.17, 15) is 22.8 Å². The number of fused-ring (bicyclic) bond motifs is 1. The molecule has 0 aliphatic heterocycles. The summed E-state index contributed by atoms with van der Waals surface area (Å²) in [5, 5.41) is 12.8. The van der Waals surface area contributed by atoms with Gasteiger partial charge in [-0.05, 0) is 76.9 Å². The zero-order valence-corrected chi connectivity index (χ0v) is 21.9. The second-order valence-electron chi connectivity index (χ2n) is 9.52. The first-order valence-electron chi connectivity index (χ1n) is 12.7. The minimum absolute atomic E-state index is 0.147. The summed E-state index contributed by atoms with van der Waals surface area (Å²) in [6, 6.07) is 24.2. The number of carbonyl (C=O) groups excluding carboxylic acids is 1. The zero-order valence-electron chi connectivity index (χ0n) is 21.9. The molecule has 4 aromatic carbocycles. The van der Waals surface area contributed by atoms with Crippen molar-refractivity contribution < 1.29 is 32.6 Å². The number of carboxylic acid groups (broad SMARTS) is 1. The summed E-state index contributed by atoms with van der Waals surface area (Å²) in [4.78, 5) is 24.7. The number of hydrogen-bond acceptors (Lipinski definition) is 3. The highest BCUT2D eigenvalue weighted by Gasteiger charge is 2.30. The molecule has 41 heavy (non-hydrogen) atoms. The number of aromatic carboxylic acids is 1. The second-order valence-corrected chi connectivity index (χ2v) is 9.52. The van der Waals surface area contributed by atoms with Gasteiger partial charge in [0, 0.05) is 24.7 Å². The van der Waals surface area contributed by atoms with Gasteiger partial charge in [0.25, 0.3) is 5.91 Å². The topological polar surface area (TPSA) is 80.6 Å². The van der Waals surface area contributed by atoms with Crippen molar-refractivity contribution in [2.24, 2.45) is 0 Å². The molecule has 1 amide bonds. The van der Waals surface area contributed by atoms with Crippen LogP contribution in [-0.4, -0.2) is 28.7 Å². The number of ether oxygens (including phenoxy) is 1. The number of alkyl halides is 3. The highest BCUT2D eigenvalue weighted by molar-refractivity contribution is 6.08. The fourth-order valence-electron chi connectivity index (χ4n) is 4.66. The van der Waals surface area contributed by atoms with E-state index in [-0.39, 0.29) is 24.6 Å². The first kappa shape index (κ1) is 27.5. The van der Waals surface area contributed by atoms with Crippen LogP contribution >= 0.6 is 0 Å². The Kier molecular flexibility index (Phi) is 7.52. The monoisotopic (exact) mass is 558 g/mol. The molecule has 0 fully saturated rings. The van der Waals surface area contributed by atoms with E-state index in [1.807, 2.05) is 41.0 Å².